The van der Waals surface area contributed by atoms with Gasteiger partial charge in [-0.2, -0.15) is 0 Å². The summed E-state index contributed by atoms with van der Waals surface area (Å²) in [5.41, 5.74) is 5.90. The van der Waals surface area contributed by atoms with E-state index in [1.807, 2.05) is 6.92 Å². The van der Waals surface area contributed by atoms with Gasteiger partial charge in [-0.1, -0.05) is 59.0 Å². The quantitative estimate of drug-likeness (QED) is 0.411. The summed E-state index contributed by atoms with van der Waals surface area (Å²) in [4.78, 5) is 13.7. The van der Waals surface area contributed by atoms with E-state index < -0.39 is 0 Å². The maximum absolute atomic E-state index is 11.3. The van der Waals surface area contributed by atoms with Gasteiger partial charge in [0.25, 0.3) is 0 Å². The third-order valence-corrected chi connectivity index (χ3v) is 3.97. The third-order valence-electron chi connectivity index (χ3n) is 3.97. The van der Waals surface area contributed by atoms with E-state index in [1.54, 1.807) is 0 Å². The minimum Gasteiger partial charge on any atom is -0.366 e. The summed E-state index contributed by atoms with van der Waals surface area (Å²) in [5, 5.41) is 0. The normalized spacial score (nSPS) is 12.6. The van der Waals surface area contributed by atoms with Crippen molar-refractivity contribution in [1.82, 2.24) is 4.90 Å². The molecule has 1 unspecified atom stereocenters. The van der Waals surface area contributed by atoms with E-state index in [0.717, 1.165) is 13.1 Å². The van der Waals surface area contributed by atoms with Gasteiger partial charge in [0.1, 0.15) is 0 Å². The van der Waals surface area contributed by atoms with Crippen LogP contribution in [-0.4, -0.2) is 29.9 Å². The van der Waals surface area contributed by atoms with Crippen molar-refractivity contribution in [2.24, 2.45) is 5.73 Å². The fraction of sp³-hybridized carbons (Fsp3) is 0.824. The van der Waals surface area contributed by atoms with Crippen molar-refractivity contribution in [3.63, 3.8) is 0 Å². The largest absolute Gasteiger partial charge is 0.366 e. The molecule has 1 atom stereocenters. The molecule has 1 amide bonds. The number of nitrogens with zero attached hydrogens (tertiary/aromatic N) is 1. The highest BCUT2D eigenvalue weighted by molar-refractivity contribution is 5.92. The molecule has 0 aliphatic rings. The van der Waals surface area contributed by atoms with Gasteiger partial charge in [0.2, 0.25) is 5.91 Å². The monoisotopic (exact) mass is 282 g/mol. The molecule has 0 aromatic carbocycles. The number of hydrogen-bond acceptors (Lipinski definition) is 2. The third kappa shape index (κ3) is 8.36. The molecular formula is C17H34N2O. The van der Waals surface area contributed by atoms with E-state index in [4.69, 9.17) is 5.73 Å². The summed E-state index contributed by atoms with van der Waals surface area (Å²) in [6, 6.07) is 0.0655. The van der Waals surface area contributed by atoms with Crippen LogP contribution in [0.15, 0.2) is 12.2 Å². The Morgan fingerprint density at radius 3 is 1.80 bits per heavy atom. The van der Waals surface area contributed by atoms with Crippen molar-refractivity contribution < 1.29 is 4.79 Å². The Balaban J connectivity index is 4.28. The number of carbonyl (C=O) groups is 1. The first-order chi connectivity index (χ1) is 9.54. The molecule has 3 heteroatoms. The predicted molar refractivity (Wildman–Crippen MR) is 87.7 cm³/mol. The number of nitrogens with two attached hydrogens (primary N) is 1. The van der Waals surface area contributed by atoms with Gasteiger partial charge in [0.05, 0.1) is 0 Å². The fourth-order valence-corrected chi connectivity index (χ4v) is 2.41. The van der Waals surface area contributed by atoms with Crippen LogP contribution in [0.25, 0.3) is 0 Å². The molecule has 0 saturated heterocycles. The molecule has 0 aliphatic carbocycles. The van der Waals surface area contributed by atoms with Gasteiger partial charge in [0.15, 0.2) is 0 Å². The average molecular weight is 282 g/mol. The van der Waals surface area contributed by atoms with Gasteiger partial charge >= 0.3 is 0 Å². The van der Waals surface area contributed by atoms with E-state index >= 15 is 0 Å². The first-order valence-electron chi connectivity index (χ1n) is 8.27. The van der Waals surface area contributed by atoms with Crippen molar-refractivity contribution in [3.8, 4) is 0 Å². The van der Waals surface area contributed by atoms with E-state index in [9.17, 15) is 4.79 Å². The molecule has 0 fully saturated rings. The Hall–Kier alpha value is -0.830. The second kappa shape index (κ2) is 12.0. The van der Waals surface area contributed by atoms with Crippen molar-refractivity contribution in [2.75, 3.05) is 13.1 Å². The van der Waals surface area contributed by atoms with Gasteiger partial charge in [-0.05, 0) is 32.9 Å². The van der Waals surface area contributed by atoms with Crippen LogP contribution in [-0.2, 0) is 4.79 Å². The van der Waals surface area contributed by atoms with Crippen LogP contribution in [0.3, 0.4) is 0 Å². The van der Waals surface area contributed by atoms with Gasteiger partial charge in [-0.25, -0.2) is 0 Å². The van der Waals surface area contributed by atoms with Crippen molar-refractivity contribution in [1.29, 1.82) is 0 Å². The van der Waals surface area contributed by atoms with Crippen molar-refractivity contribution in [3.05, 3.63) is 12.2 Å². The van der Waals surface area contributed by atoms with Crippen LogP contribution in [0.1, 0.15) is 72.1 Å². The highest BCUT2D eigenvalue weighted by atomic mass is 16.1. The SMILES string of the molecule is C=C(C(N)=O)C(C)N(CCCCCC)CCCCCC. The summed E-state index contributed by atoms with van der Waals surface area (Å²) < 4.78 is 0. The predicted octanol–water partition coefficient (Wildman–Crippen LogP) is 3.88. The summed E-state index contributed by atoms with van der Waals surface area (Å²) in [6.07, 6.45) is 9.98. The molecule has 0 aromatic heterocycles. The molecule has 0 aliphatic heterocycles. The molecule has 0 aromatic rings. The lowest BCUT2D eigenvalue weighted by Crippen LogP contribution is -2.39. The Morgan fingerprint density at radius 1 is 1.00 bits per heavy atom. The number of primary amides is 1. The second-order valence-electron chi connectivity index (χ2n) is 5.72. The summed E-state index contributed by atoms with van der Waals surface area (Å²) in [5.74, 6) is -0.371. The number of rotatable bonds is 13. The number of hydrogen-bond donors (Lipinski definition) is 1. The lowest BCUT2D eigenvalue weighted by Gasteiger charge is -2.29. The molecule has 118 valence electrons. The molecule has 0 spiro atoms. The standard InChI is InChI=1S/C17H34N2O/c1-5-7-9-11-13-19(14-12-10-8-6-2)16(4)15(3)17(18)20/h16H,3,5-14H2,1-2,4H3,(H2,18,20). The van der Waals surface area contributed by atoms with E-state index in [-0.39, 0.29) is 11.9 Å². The van der Waals surface area contributed by atoms with Crippen LogP contribution >= 0.6 is 0 Å². The number of unbranched alkanes of at least 4 members (excludes halogenated alkanes) is 6. The lowest BCUT2D eigenvalue weighted by molar-refractivity contribution is -0.115. The van der Waals surface area contributed by atoms with E-state index in [0.29, 0.717) is 5.57 Å². The van der Waals surface area contributed by atoms with Crippen molar-refractivity contribution in [2.45, 2.75) is 78.2 Å². The molecule has 0 radical (unpaired) electrons. The smallest absolute Gasteiger partial charge is 0.245 e. The van der Waals surface area contributed by atoms with Crippen LogP contribution in [0.5, 0.6) is 0 Å². The average Bonchev–Trinajstić information content (AvgIpc) is 2.44. The Labute approximate surface area is 125 Å². The maximum atomic E-state index is 11.3. The van der Waals surface area contributed by atoms with Crippen LogP contribution in [0.2, 0.25) is 0 Å². The van der Waals surface area contributed by atoms with Crippen LogP contribution in [0, 0.1) is 0 Å². The summed E-state index contributed by atoms with van der Waals surface area (Å²) >= 11 is 0. The number of carbonyl (C=O) groups excluding carboxylic acids is 1. The fourth-order valence-electron chi connectivity index (χ4n) is 2.41. The molecule has 0 rings (SSSR count). The number of amides is 1. The first-order valence-corrected chi connectivity index (χ1v) is 8.27. The Kier molecular flexibility index (Phi) is 11.5. The molecular weight excluding hydrogens is 248 g/mol. The zero-order chi connectivity index (χ0) is 15.4. The minimum absolute atomic E-state index is 0.0655. The first kappa shape index (κ1) is 19.2. The topological polar surface area (TPSA) is 46.3 Å². The molecule has 20 heavy (non-hydrogen) atoms. The summed E-state index contributed by atoms with van der Waals surface area (Å²) in [7, 11) is 0. The Bertz CT molecular complexity index is 264. The van der Waals surface area contributed by atoms with E-state index in [1.165, 1.54) is 51.4 Å². The zero-order valence-corrected chi connectivity index (χ0v) is 13.8. The maximum Gasteiger partial charge on any atom is 0.245 e. The highest BCUT2D eigenvalue weighted by Crippen LogP contribution is 2.13. The van der Waals surface area contributed by atoms with Gasteiger partial charge in [-0.15, -0.1) is 0 Å². The van der Waals surface area contributed by atoms with Gasteiger partial charge in [0, 0.05) is 11.6 Å². The lowest BCUT2D eigenvalue weighted by atomic mass is 10.1. The zero-order valence-electron chi connectivity index (χ0n) is 13.8. The molecule has 0 heterocycles. The minimum atomic E-state index is -0.371. The molecule has 3 nitrogen and oxygen atoms in total. The molecule has 2 N–H and O–H groups in total. The molecule has 0 saturated carbocycles. The van der Waals surface area contributed by atoms with Crippen LogP contribution < -0.4 is 5.73 Å². The Morgan fingerprint density at radius 2 is 1.45 bits per heavy atom. The second-order valence-corrected chi connectivity index (χ2v) is 5.72. The molecule has 0 bridgehead atoms. The highest BCUT2D eigenvalue weighted by Gasteiger charge is 2.19. The van der Waals surface area contributed by atoms with Gasteiger partial charge < -0.3 is 5.73 Å². The van der Waals surface area contributed by atoms with Crippen LogP contribution in [0.4, 0.5) is 0 Å². The van der Waals surface area contributed by atoms with Gasteiger partial charge in [-0.3, -0.25) is 9.69 Å². The summed E-state index contributed by atoms with van der Waals surface area (Å²) in [6.45, 7) is 12.4. The van der Waals surface area contributed by atoms with E-state index in [2.05, 4.69) is 25.3 Å². The van der Waals surface area contributed by atoms with Crippen molar-refractivity contribution >= 4 is 5.91 Å².